The molecule has 2 aromatic rings. The second-order valence-corrected chi connectivity index (χ2v) is 12.4. The molecule has 0 saturated carbocycles. The maximum atomic E-state index is 12.7. The monoisotopic (exact) mass is 288 g/mol. The van der Waals surface area contributed by atoms with Crippen LogP contribution in [-0.4, -0.2) is 24.2 Å². The van der Waals surface area contributed by atoms with E-state index in [1.165, 1.54) is 5.32 Å². The zero-order valence-electron chi connectivity index (χ0n) is 13.2. The number of carbonyl (C=O) groups is 1. The van der Waals surface area contributed by atoms with E-state index >= 15 is 0 Å². The Morgan fingerprint density at radius 2 is 1.75 bits per heavy atom. The first kappa shape index (κ1) is 14.8. The summed E-state index contributed by atoms with van der Waals surface area (Å²) in [5.74, 6) is 0. The number of aromatic nitrogens is 1. The van der Waals surface area contributed by atoms with E-state index in [1.54, 1.807) is 0 Å². The first-order valence-electron chi connectivity index (χ1n) is 7.03. The maximum Gasteiger partial charge on any atom is 0.326 e. The van der Waals surface area contributed by atoms with Crippen LogP contribution in [0.4, 0.5) is 4.79 Å². The van der Waals surface area contributed by atoms with Gasteiger partial charge >= 0.3 is 6.03 Å². The summed E-state index contributed by atoms with van der Waals surface area (Å²) in [7, 11) is -1.60. The van der Waals surface area contributed by atoms with Crippen LogP contribution in [0, 0.1) is 0 Å². The van der Waals surface area contributed by atoms with Gasteiger partial charge in [0.25, 0.3) is 0 Å². The standard InChI is InChI=1S/C16H24N2OSi/c1-16(2,3)17-15(19)18-13-10-8-7-9-12(13)11-14(18)20(4,5)6/h7-11H,1-6H3,(H,17,19). The lowest BCUT2D eigenvalue weighted by molar-refractivity contribution is 0.235. The van der Waals surface area contributed by atoms with Crippen molar-refractivity contribution >= 4 is 30.3 Å². The number of amides is 1. The Balaban J connectivity index is 2.63. The smallest absolute Gasteiger partial charge is 0.326 e. The van der Waals surface area contributed by atoms with Crippen LogP contribution in [-0.2, 0) is 0 Å². The Kier molecular flexibility index (Phi) is 3.54. The fourth-order valence-electron chi connectivity index (χ4n) is 2.30. The van der Waals surface area contributed by atoms with Crippen molar-refractivity contribution in [3.05, 3.63) is 30.3 Å². The topological polar surface area (TPSA) is 34.0 Å². The predicted octanol–water partition coefficient (Wildman–Crippen LogP) is 3.54. The summed E-state index contributed by atoms with van der Waals surface area (Å²) in [6.07, 6.45) is 0. The Bertz CT molecular complexity index is 645. The molecule has 108 valence electrons. The van der Waals surface area contributed by atoms with Gasteiger partial charge in [-0.2, -0.15) is 0 Å². The summed E-state index contributed by atoms with van der Waals surface area (Å²) in [6.45, 7) is 12.8. The van der Waals surface area contributed by atoms with Crippen LogP contribution >= 0.6 is 0 Å². The third-order valence-electron chi connectivity index (χ3n) is 3.16. The van der Waals surface area contributed by atoms with Gasteiger partial charge in [0.05, 0.1) is 13.6 Å². The maximum absolute atomic E-state index is 12.7. The van der Waals surface area contributed by atoms with Gasteiger partial charge in [-0.05, 0) is 38.3 Å². The van der Waals surface area contributed by atoms with Crippen molar-refractivity contribution in [2.75, 3.05) is 0 Å². The fraction of sp³-hybridized carbons (Fsp3) is 0.438. The third kappa shape index (κ3) is 2.95. The summed E-state index contributed by atoms with van der Waals surface area (Å²) in [4.78, 5) is 12.7. The molecule has 0 aliphatic heterocycles. The molecular formula is C16H24N2OSi. The molecule has 0 unspecified atom stereocenters. The summed E-state index contributed by atoms with van der Waals surface area (Å²) >= 11 is 0. The highest BCUT2D eigenvalue weighted by molar-refractivity contribution is 6.88. The van der Waals surface area contributed by atoms with Crippen LogP contribution in [0.25, 0.3) is 10.9 Å². The number of fused-ring (bicyclic) bond motifs is 1. The molecule has 1 aromatic heterocycles. The molecule has 1 N–H and O–H groups in total. The zero-order valence-corrected chi connectivity index (χ0v) is 14.2. The van der Waals surface area contributed by atoms with Crippen molar-refractivity contribution in [2.45, 2.75) is 46.0 Å². The highest BCUT2D eigenvalue weighted by Gasteiger charge is 2.27. The number of carbonyl (C=O) groups excluding carboxylic acids is 1. The largest absolute Gasteiger partial charge is 0.333 e. The highest BCUT2D eigenvalue weighted by Crippen LogP contribution is 2.17. The van der Waals surface area contributed by atoms with Crippen LogP contribution in [0.5, 0.6) is 0 Å². The normalized spacial score (nSPS) is 12.7. The van der Waals surface area contributed by atoms with E-state index in [4.69, 9.17) is 0 Å². The summed E-state index contributed by atoms with van der Waals surface area (Å²) < 4.78 is 1.87. The molecule has 0 atom stereocenters. The molecule has 1 amide bonds. The molecule has 1 heterocycles. The number of hydrogen-bond acceptors (Lipinski definition) is 1. The van der Waals surface area contributed by atoms with E-state index < -0.39 is 8.07 Å². The van der Waals surface area contributed by atoms with Crippen LogP contribution in [0.2, 0.25) is 19.6 Å². The lowest BCUT2D eigenvalue weighted by atomic mass is 10.1. The van der Waals surface area contributed by atoms with Crippen molar-refractivity contribution < 1.29 is 4.79 Å². The molecule has 4 heteroatoms. The van der Waals surface area contributed by atoms with Crippen LogP contribution in [0.3, 0.4) is 0 Å². The number of nitrogens with one attached hydrogen (secondary N) is 1. The molecule has 0 bridgehead atoms. The van der Waals surface area contributed by atoms with Crippen molar-refractivity contribution in [3.8, 4) is 0 Å². The molecule has 20 heavy (non-hydrogen) atoms. The van der Waals surface area contributed by atoms with Gasteiger partial charge < -0.3 is 5.32 Å². The molecule has 0 aliphatic rings. The average molecular weight is 288 g/mol. The number of benzene rings is 1. The van der Waals surface area contributed by atoms with Crippen molar-refractivity contribution in [1.29, 1.82) is 0 Å². The third-order valence-corrected chi connectivity index (χ3v) is 5.07. The molecule has 0 spiro atoms. The zero-order chi connectivity index (χ0) is 15.1. The van der Waals surface area contributed by atoms with Gasteiger partial charge in [-0.25, -0.2) is 4.79 Å². The highest BCUT2D eigenvalue weighted by atomic mass is 28.3. The minimum absolute atomic E-state index is 0.0314. The van der Waals surface area contributed by atoms with Crippen LogP contribution < -0.4 is 10.6 Å². The molecule has 3 nitrogen and oxygen atoms in total. The summed E-state index contributed by atoms with van der Waals surface area (Å²) in [5, 5.41) is 5.37. The second kappa shape index (κ2) is 4.77. The first-order valence-corrected chi connectivity index (χ1v) is 10.5. The Morgan fingerprint density at radius 3 is 2.30 bits per heavy atom. The minimum atomic E-state index is -1.60. The van der Waals surface area contributed by atoms with E-state index in [9.17, 15) is 4.79 Å². The quantitative estimate of drug-likeness (QED) is 0.800. The lowest BCUT2D eigenvalue weighted by Crippen LogP contribution is -2.50. The molecule has 0 fully saturated rings. The van der Waals surface area contributed by atoms with Crippen molar-refractivity contribution in [1.82, 2.24) is 9.88 Å². The second-order valence-electron chi connectivity index (χ2n) is 7.35. The van der Waals surface area contributed by atoms with Gasteiger partial charge in [0.2, 0.25) is 0 Å². The average Bonchev–Trinajstić information content (AvgIpc) is 2.65. The predicted molar refractivity (Wildman–Crippen MR) is 88.6 cm³/mol. The van der Waals surface area contributed by atoms with E-state index in [1.807, 2.05) is 43.5 Å². The van der Waals surface area contributed by atoms with Gasteiger partial charge in [-0.1, -0.05) is 37.8 Å². The number of rotatable bonds is 1. The van der Waals surface area contributed by atoms with Gasteiger partial charge in [0.1, 0.15) is 0 Å². The Hall–Kier alpha value is -1.55. The Labute approximate surface area is 122 Å². The van der Waals surface area contributed by atoms with Gasteiger partial charge in [-0.15, -0.1) is 0 Å². The number of nitrogens with zero attached hydrogens (tertiary/aromatic N) is 1. The summed E-state index contributed by atoms with van der Waals surface area (Å²) in [6, 6.07) is 10.2. The molecule has 0 saturated heterocycles. The fourth-order valence-corrected chi connectivity index (χ4v) is 3.78. The van der Waals surface area contributed by atoms with Gasteiger partial charge in [0.15, 0.2) is 0 Å². The van der Waals surface area contributed by atoms with Crippen LogP contribution in [0.15, 0.2) is 30.3 Å². The molecule has 0 aliphatic carbocycles. The van der Waals surface area contributed by atoms with Gasteiger partial charge in [-0.3, -0.25) is 4.57 Å². The number of para-hydroxylation sites is 1. The first-order chi connectivity index (χ1) is 9.09. The molecular weight excluding hydrogens is 264 g/mol. The van der Waals surface area contributed by atoms with E-state index in [0.29, 0.717) is 0 Å². The molecule has 0 radical (unpaired) electrons. The molecule has 1 aromatic carbocycles. The van der Waals surface area contributed by atoms with E-state index in [-0.39, 0.29) is 11.6 Å². The summed E-state index contributed by atoms with van der Waals surface area (Å²) in [5.41, 5.74) is 0.755. The SMILES string of the molecule is CC(C)(C)NC(=O)n1c([Si](C)(C)C)cc2ccccc21. The Morgan fingerprint density at radius 1 is 1.15 bits per heavy atom. The van der Waals surface area contributed by atoms with E-state index in [0.717, 1.165) is 10.9 Å². The lowest BCUT2D eigenvalue weighted by Gasteiger charge is -2.24. The van der Waals surface area contributed by atoms with E-state index in [2.05, 4.69) is 37.1 Å². The van der Waals surface area contributed by atoms with Crippen molar-refractivity contribution in [3.63, 3.8) is 0 Å². The van der Waals surface area contributed by atoms with Crippen molar-refractivity contribution in [2.24, 2.45) is 0 Å². The number of hydrogen-bond donors (Lipinski definition) is 1. The van der Waals surface area contributed by atoms with Gasteiger partial charge in [0, 0.05) is 10.9 Å². The van der Waals surface area contributed by atoms with Crippen LogP contribution in [0.1, 0.15) is 20.8 Å². The molecule has 2 rings (SSSR count). The minimum Gasteiger partial charge on any atom is -0.333 e.